The molecule has 2 heterocycles. The van der Waals surface area contributed by atoms with Crippen LogP contribution in [0.5, 0.6) is 0 Å². The van der Waals surface area contributed by atoms with Gasteiger partial charge in [0, 0.05) is 6.20 Å². The van der Waals surface area contributed by atoms with E-state index in [1.165, 1.54) is 10.6 Å². The first kappa shape index (κ1) is 15.4. The van der Waals surface area contributed by atoms with Gasteiger partial charge in [-0.25, -0.2) is 0 Å². The molecule has 0 bridgehead atoms. The molecule has 0 atom stereocenters. The Kier molecular flexibility index (Phi) is 5.04. The Balaban J connectivity index is 2.47. The van der Waals surface area contributed by atoms with E-state index in [0.717, 1.165) is 0 Å². The van der Waals surface area contributed by atoms with E-state index in [1.54, 1.807) is 30.5 Å². The van der Waals surface area contributed by atoms with Crippen molar-refractivity contribution in [2.24, 2.45) is 0 Å². The molecular weight excluding hydrogens is 282 g/mol. The lowest BCUT2D eigenvalue weighted by Crippen LogP contribution is -2.28. The monoisotopic (exact) mass is 297 g/mol. The minimum atomic E-state index is -0.529. The third kappa shape index (κ3) is 3.38. The van der Waals surface area contributed by atoms with E-state index in [4.69, 9.17) is 10.00 Å². The third-order valence-corrected chi connectivity index (χ3v) is 2.98. The van der Waals surface area contributed by atoms with Crippen molar-refractivity contribution < 1.29 is 9.53 Å². The van der Waals surface area contributed by atoms with Crippen molar-refractivity contribution >= 4 is 5.97 Å². The summed E-state index contributed by atoms with van der Waals surface area (Å²) >= 11 is 0. The van der Waals surface area contributed by atoms with Gasteiger partial charge in [-0.3, -0.25) is 19.1 Å². The Bertz CT molecular complexity index is 760. The smallest absolute Gasteiger partial charge is 0.326 e. The number of carbonyl (C=O) groups is 1. The van der Waals surface area contributed by atoms with Crippen LogP contribution in [0.3, 0.4) is 0 Å². The van der Waals surface area contributed by atoms with E-state index in [9.17, 15) is 9.59 Å². The fourth-order valence-corrected chi connectivity index (χ4v) is 1.95. The lowest BCUT2D eigenvalue weighted by atomic mass is 10.2. The van der Waals surface area contributed by atoms with E-state index in [1.807, 2.05) is 13.0 Å². The Hall–Kier alpha value is -2.94. The van der Waals surface area contributed by atoms with E-state index < -0.39 is 11.5 Å². The van der Waals surface area contributed by atoms with Crippen LogP contribution in [0, 0.1) is 11.3 Å². The van der Waals surface area contributed by atoms with Crippen LogP contribution < -0.4 is 5.56 Å². The quantitative estimate of drug-likeness (QED) is 0.785. The molecule has 0 spiro atoms. The van der Waals surface area contributed by atoms with Gasteiger partial charge < -0.3 is 4.74 Å². The van der Waals surface area contributed by atoms with Crippen molar-refractivity contribution in [2.75, 3.05) is 6.61 Å². The number of nitriles is 1. The number of hydrogen-bond acceptors (Lipinski definition) is 5. The van der Waals surface area contributed by atoms with Crippen molar-refractivity contribution in [1.82, 2.24) is 9.55 Å². The lowest BCUT2D eigenvalue weighted by molar-refractivity contribution is -0.144. The molecule has 0 fully saturated rings. The highest BCUT2D eigenvalue weighted by molar-refractivity contribution is 5.70. The largest absolute Gasteiger partial charge is 0.464 e. The molecule has 0 amide bonds. The van der Waals surface area contributed by atoms with Crippen molar-refractivity contribution in [1.29, 1.82) is 5.26 Å². The van der Waals surface area contributed by atoms with Gasteiger partial charge >= 0.3 is 5.97 Å². The normalized spacial score (nSPS) is 10.0. The highest BCUT2D eigenvalue weighted by Crippen LogP contribution is 2.15. The van der Waals surface area contributed by atoms with E-state index in [-0.39, 0.29) is 12.1 Å². The number of pyridine rings is 2. The number of nitrogens with zero attached hydrogens (tertiary/aromatic N) is 3. The molecule has 2 aromatic heterocycles. The van der Waals surface area contributed by atoms with Crippen LogP contribution in [0.25, 0.3) is 11.4 Å². The Labute approximate surface area is 127 Å². The lowest BCUT2D eigenvalue weighted by Gasteiger charge is -2.12. The molecule has 22 heavy (non-hydrogen) atoms. The minimum Gasteiger partial charge on any atom is -0.464 e. The molecule has 0 aliphatic carbocycles. The van der Waals surface area contributed by atoms with Crippen LogP contribution in [-0.4, -0.2) is 22.1 Å². The van der Waals surface area contributed by atoms with Crippen LogP contribution in [0.15, 0.2) is 41.3 Å². The van der Waals surface area contributed by atoms with Crippen molar-refractivity contribution in [3.05, 3.63) is 52.4 Å². The Morgan fingerprint density at radius 3 is 2.82 bits per heavy atom. The van der Waals surface area contributed by atoms with Crippen LogP contribution >= 0.6 is 0 Å². The molecule has 112 valence electrons. The first-order valence-electron chi connectivity index (χ1n) is 6.88. The molecule has 0 aromatic carbocycles. The van der Waals surface area contributed by atoms with Gasteiger partial charge in [-0.05, 0) is 30.7 Å². The van der Waals surface area contributed by atoms with E-state index in [0.29, 0.717) is 24.4 Å². The van der Waals surface area contributed by atoms with Gasteiger partial charge in [-0.1, -0.05) is 13.0 Å². The number of aromatic nitrogens is 2. The summed E-state index contributed by atoms with van der Waals surface area (Å²) < 4.78 is 6.23. The maximum Gasteiger partial charge on any atom is 0.326 e. The predicted molar refractivity (Wildman–Crippen MR) is 79.9 cm³/mol. The highest BCUT2D eigenvalue weighted by Gasteiger charge is 2.14. The summed E-state index contributed by atoms with van der Waals surface area (Å²) in [7, 11) is 0. The van der Waals surface area contributed by atoms with Crippen LogP contribution in [-0.2, 0) is 16.1 Å². The fourth-order valence-electron chi connectivity index (χ4n) is 1.95. The maximum absolute atomic E-state index is 12.3. The second-order valence-electron chi connectivity index (χ2n) is 4.57. The zero-order chi connectivity index (χ0) is 15.9. The zero-order valence-corrected chi connectivity index (χ0v) is 12.2. The molecular formula is C16H15N3O3. The predicted octanol–water partition coefficient (Wildman–Crippen LogP) is 1.74. The van der Waals surface area contributed by atoms with Gasteiger partial charge in [0.15, 0.2) is 0 Å². The van der Waals surface area contributed by atoms with Crippen LogP contribution in [0.4, 0.5) is 0 Å². The number of rotatable bonds is 5. The van der Waals surface area contributed by atoms with Gasteiger partial charge in [-0.2, -0.15) is 5.26 Å². The summed E-state index contributed by atoms with van der Waals surface area (Å²) in [5, 5.41) is 8.98. The van der Waals surface area contributed by atoms with Gasteiger partial charge in [-0.15, -0.1) is 0 Å². The number of esters is 1. The summed E-state index contributed by atoms with van der Waals surface area (Å²) in [6.45, 7) is 1.93. The van der Waals surface area contributed by atoms with Crippen LogP contribution in [0.2, 0.25) is 0 Å². The molecule has 0 aliphatic heterocycles. The number of carbonyl (C=O) groups excluding carboxylic acids is 1. The van der Waals surface area contributed by atoms with Crippen molar-refractivity contribution in [3.63, 3.8) is 0 Å². The molecule has 2 rings (SSSR count). The summed E-state index contributed by atoms with van der Waals surface area (Å²) in [6, 6.07) is 10.1. The van der Waals surface area contributed by atoms with Crippen LogP contribution in [0.1, 0.15) is 18.9 Å². The van der Waals surface area contributed by atoms with E-state index >= 15 is 0 Å². The Morgan fingerprint density at radius 2 is 2.18 bits per heavy atom. The fraction of sp³-hybridized carbons (Fsp3) is 0.250. The molecule has 0 radical (unpaired) electrons. The molecule has 6 nitrogen and oxygen atoms in total. The second-order valence-corrected chi connectivity index (χ2v) is 4.57. The zero-order valence-electron chi connectivity index (χ0n) is 12.2. The Morgan fingerprint density at radius 1 is 1.36 bits per heavy atom. The average Bonchev–Trinajstić information content (AvgIpc) is 2.55. The molecule has 0 saturated heterocycles. The standard InChI is InChI=1S/C16H15N3O3/c1-2-9-22-15(20)11-19-14(13-5-3-4-8-18-13)7-6-12(10-17)16(19)21/h3-8H,2,9,11H2,1H3. The summed E-state index contributed by atoms with van der Waals surface area (Å²) in [4.78, 5) is 28.3. The van der Waals surface area contributed by atoms with E-state index in [2.05, 4.69) is 4.98 Å². The molecule has 2 aromatic rings. The van der Waals surface area contributed by atoms with Gasteiger partial charge in [0.2, 0.25) is 0 Å². The average molecular weight is 297 g/mol. The van der Waals surface area contributed by atoms with Gasteiger partial charge in [0.1, 0.15) is 18.2 Å². The molecule has 0 aliphatic rings. The molecule has 0 saturated carbocycles. The SMILES string of the molecule is CCCOC(=O)Cn1c(-c2ccccn2)ccc(C#N)c1=O. The first-order valence-corrected chi connectivity index (χ1v) is 6.88. The third-order valence-electron chi connectivity index (χ3n) is 2.98. The summed E-state index contributed by atoms with van der Waals surface area (Å²) in [5.41, 5.74) is 0.465. The second kappa shape index (κ2) is 7.18. The number of ether oxygens (including phenoxy) is 1. The maximum atomic E-state index is 12.3. The molecule has 0 unspecified atom stereocenters. The summed E-state index contributed by atoms with van der Waals surface area (Å²) in [5.74, 6) is -0.517. The van der Waals surface area contributed by atoms with Gasteiger partial charge in [0.05, 0.1) is 18.0 Å². The topological polar surface area (TPSA) is 85.0 Å². The first-order chi connectivity index (χ1) is 10.7. The minimum absolute atomic E-state index is 0.0250. The van der Waals surface area contributed by atoms with Crippen molar-refractivity contribution in [2.45, 2.75) is 19.9 Å². The highest BCUT2D eigenvalue weighted by atomic mass is 16.5. The number of hydrogen-bond donors (Lipinski definition) is 0. The molecule has 6 heteroatoms. The van der Waals surface area contributed by atoms with Gasteiger partial charge in [0.25, 0.3) is 5.56 Å². The molecule has 0 N–H and O–H groups in total. The summed E-state index contributed by atoms with van der Waals surface area (Å²) in [6.07, 6.45) is 2.30. The van der Waals surface area contributed by atoms with Crippen molar-refractivity contribution in [3.8, 4) is 17.5 Å².